The Balaban J connectivity index is 1.43. The maximum Gasteiger partial charge on any atom is 0.222 e. The molecule has 3 heterocycles. The second-order valence-electron chi connectivity index (χ2n) is 12.1. The lowest BCUT2D eigenvalue weighted by Gasteiger charge is -2.36. The summed E-state index contributed by atoms with van der Waals surface area (Å²) in [6.45, 7) is 13.8. The van der Waals surface area contributed by atoms with Gasteiger partial charge in [-0.1, -0.05) is 76.2 Å². The summed E-state index contributed by atoms with van der Waals surface area (Å²) in [6.07, 6.45) is 2.30. The van der Waals surface area contributed by atoms with Crippen molar-refractivity contribution in [2.75, 3.05) is 31.1 Å². The van der Waals surface area contributed by atoms with E-state index in [1.807, 2.05) is 52.9 Å². The van der Waals surface area contributed by atoms with Gasteiger partial charge in [0.05, 0.1) is 16.8 Å². The molecule has 1 aliphatic heterocycles. The summed E-state index contributed by atoms with van der Waals surface area (Å²) in [5.41, 5.74) is 4.11. The Bertz CT molecular complexity index is 1420. The molecule has 0 aliphatic carbocycles. The summed E-state index contributed by atoms with van der Waals surface area (Å²) in [7, 11) is 0. The molecule has 0 saturated carbocycles. The summed E-state index contributed by atoms with van der Waals surface area (Å²) >= 11 is 0. The number of hydrogen-bond donors (Lipinski definition) is 0. The molecule has 0 bridgehead atoms. The second kappa shape index (κ2) is 11.2. The average Bonchev–Trinajstić information content (AvgIpc) is 3.24. The number of anilines is 1. The molecule has 0 N–H and O–H groups in total. The van der Waals surface area contributed by atoms with Crippen LogP contribution in [-0.4, -0.2) is 56.7 Å². The number of carbonyl (C=O) groups is 1. The van der Waals surface area contributed by atoms with Crippen molar-refractivity contribution < 1.29 is 4.79 Å². The summed E-state index contributed by atoms with van der Waals surface area (Å²) in [5, 5.41) is 5.87. The molecule has 7 heteroatoms. The van der Waals surface area contributed by atoms with Crippen molar-refractivity contribution in [3.05, 3.63) is 77.7 Å². The summed E-state index contributed by atoms with van der Waals surface area (Å²) < 4.78 is 1.93. The minimum atomic E-state index is 0.232. The first-order valence-corrected chi connectivity index (χ1v) is 14.1. The number of nitrogens with zero attached hydrogens (tertiary/aromatic N) is 6. The molecule has 2 aromatic carbocycles. The van der Waals surface area contributed by atoms with Crippen LogP contribution in [-0.2, 0) is 11.2 Å². The highest BCUT2D eigenvalue weighted by molar-refractivity contribution is 5.91. The molecule has 204 valence electrons. The van der Waals surface area contributed by atoms with Gasteiger partial charge in [-0.15, -0.1) is 0 Å². The Morgan fingerprint density at radius 1 is 0.923 bits per heavy atom. The number of aryl methyl sites for hydroxylation is 1. The van der Waals surface area contributed by atoms with E-state index >= 15 is 0 Å². The van der Waals surface area contributed by atoms with Gasteiger partial charge in [0.2, 0.25) is 5.91 Å². The maximum absolute atomic E-state index is 13.1. The van der Waals surface area contributed by atoms with E-state index in [2.05, 4.69) is 56.9 Å². The zero-order valence-corrected chi connectivity index (χ0v) is 23.9. The predicted octanol–water partition coefficient (Wildman–Crippen LogP) is 5.83. The highest BCUT2D eigenvalue weighted by Gasteiger charge is 2.27. The van der Waals surface area contributed by atoms with Crippen molar-refractivity contribution in [3.63, 3.8) is 0 Å². The van der Waals surface area contributed by atoms with Crippen molar-refractivity contribution in [1.29, 1.82) is 0 Å². The lowest BCUT2D eigenvalue weighted by molar-refractivity contribution is -0.132. The van der Waals surface area contributed by atoms with Crippen molar-refractivity contribution in [3.8, 4) is 5.69 Å². The molecule has 4 aromatic rings. The fraction of sp³-hybridized carbons (Fsp3) is 0.438. The number of carbonyl (C=O) groups excluding carboxylic acids is 1. The van der Waals surface area contributed by atoms with E-state index in [4.69, 9.17) is 15.1 Å². The lowest BCUT2D eigenvalue weighted by Crippen LogP contribution is -2.49. The van der Waals surface area contributed by atoms with Crippen LogP contribution < -0.4 is 4.90 Å². The van der Waals surface area contributed by atoms with Crippen LogP contribution in [0.1, 0.15) is 57.6 Å². The van der Waals surface area contributed by atoms with Gasteiger partial charge in [0.25, 0.3) is 0 Å². The molecule has 1 saturated heterocycles. The first kappa shape index (κ1) is 26.9. The Morgan fingerprint density at radius 3 is 2.21 bits per heavy atom. The number of hydrogen-bond acceptors (Lipinski definition) is 5. The zero-order chi connectivity index (χ0) is 27.6. The number of amides is 1. The Labute approximate surface area is 231 Å². The van der Waals surface area contributed by atoms with Crippen LogP contribution in [0.15, 0.2) is 60.7 Å². The fourth-order valence-corrected chi connectivity index (χ4v) is 5.75. The van der Waals surface area contributed by atoms with E-state index < -0.39 is 0 Å². The summed E-state index contributed by atoms with van der Waals surface area (Å²) in [6, 6.07) is 20.5. The van der Waals surface area contributed by atoms with Crippen LogP contribution >= 0.6 is 0 Å². The van der Waals surface area contributed by atoms with E-state index in [0.29, 0.717) is 31.8 Å². The van der Waals surface area contributed by atoms with Gasteiger partial charge in [-0.2, -0.15) is 5.10 Å². The predicted molar refractivity (Wildman–Crippen MR) is 157 cm³/mol. The third-order valence-electron chi connectivity index (χ3n) is 7.35. The van der Waals surface area contributed by atoms with E-state index in [0.717, 1.165) is 53.6 Å². The maximum atomic E-state index is 13.1. The fourth-order valence-electron chi connectivity index (χ4n) is 5.75. The normalized spacial score (nSPS) is 15.1. The quantitative estimate of drug-likeness (QED) is 0.305. The van der Waals surface area contributed by atoms with E-state index in [1.54, 1.807) is 0 Å². The number of benzene rings is 2. The zero-order valence-electron chi connectivity index (χ0n) is 23.9. The minimum absolute atomic E-state index is 0.232. The molecule has 5 rings (SSSR count). The third kappa shape index (κ3) is 6.29. The number of aromatic nitrogens is 4. The summed E-state index contributed by atoms with van der Waals surface area (Å²) in [5.74, 6) is 2.33. The molecule has 2 aromatic heterocycles. The van der Waals surface area contributed by atoms with Crippen molar-refractivity contribution >= 4 is 22.8 Å². The molecule has 1 amide bonds. The van der Waals surface area contributed by atoms with Crippen LogP contribution in [0.5, 0.6) is 0 Å². The van der Waals surface area contributed by atoms with Crippen molar-refractivity contribution in [2.45, 2.75) is 53.9 Å². The molecular weight excluding hydrogens is 484 g/mol. The average molecular weight is 525 g/mol. The van der Waals surface area contributed by atoms with Crippen LogP contribution in [0.25, 0.3) is 16.7 Å². The van der Waals surface area contributed by atoms with E-state index in [-0.39, 0.29) is 11.3 Å². The standard InChI is InChI=1S/C32H40N6O/c1-23(22-32(3,4)5)20-28(39)36-16-18-37(19-17-36)30-29-24(2)35-38(26-14-10-7-11-15-26)31(29)34-27(33-30)21-25-12-8-6-9-13-25/h6-15,23H,16-22H2,1-5H3/t23-/m1/s1. The van der Waals surface area contributed by atoms with Gasteiger partial charge < -0.3 is 9.80 Å². The molecule has 39 heavy (non-hydrogen) atoms. The molecule has 1 fully saturated rings. The molecule has 7 nitrogen and oxygen atoms in total. The topological polar surface area (TPSA) is 67.2 Å². The monoisotopic (exact) mass is 524 g/mol. The molecule has 1 atom stereocenters. The number of piperazine rings is 1. The van der Waals surface area contributed by atoms with Gasteiger partial charge in [0.1, 0.15) is 11.6 Å². The minimum Gasteiger partial charge on any atom is -0.352 e. The van der Waals surface area contributed by atoms with Crippen molar-refractivity contribution in [1.82, 2.24) is 24.6 Å². The Kier molecular flexibility index (Phi) is 7.69. The molecule has 0 spiro atoms. The Morgan fingerprint density at radius 2 is 1.56 bits per heavy atom. The van der Waals surface area contributed by atoms with Gasteiger partial charge in [0.15, 0.2) is 5.65 Å². The summed E-state index contributed by atoms with van der Waals surface area (Å²) in [4.78, 5) is 27.6. The SMILES string of the molecule is Cc1nn(-c2ccccc2)c2nc(Cc3ccccc3)nc(N3CCN(C(=O)C[C@@H](C)CC(C)(C)C)CC3)c12. The number of para-hydroxylation sites is 1. The van der Waals surface area contributed by atoms with E-state index in [1.165, 1.54) is 5.56 Å². The van der Waals surface area contributed by atoms with Gasteiger partial charge in [-0.3, -0.25) is 4.79 Å². The highest BCUT2D eigenvalue weighted by atomic mass is 16.2. The Hall–Kier alpha value is -3.74. The van der Waals surface area contributed by atoms with Gasteiger partial charge in [-0.25, -0.2) is 14.6 Å². The largest absolute Gasteiger partial charge is 0.352 e. The molecule has 0 radical (unpaired) electrons. The van der Waals surface area contributed by atoms with E-state index in [9.17, 15) is 4.79 Å². The van der Waals surface area contributed by atoms with Crippen LogP contribution in [0.2, 0.25) is 0 Å². The van der Waals surface area contributed by atoms with Crippen LogP contribution in [0, 0.1) is 18.3 Å². The van der Waals surface area contributed by atoms with Crippen LogP contribution in [0.4, 0.5) is 5.82 Å². The number of fused-ring (bicyclic) bond motifs is 1. The molecule has 1 aliphatic rings. The molecular formula is C32H40N6O. The lowest BCUT2D eigenvalue weighted by atomic mass is 9.84. The third-order valence-corrected chi connectivity index (χ3v) is 7.35. The first-order chi connectivity index (χ1) is 18.7. The molecule has 0 unspecified atom stereocenters. The first-order valence-electron chi connectivity index (χ1n) is 14.1. The van der Waals surface area contributed by atoms with Gasteiger partial charge >= 0.3 is 0 Å². The van der Waals surface area contributed by atoms with Gasteiger partial charge in [-0.05, 0) is 42.4 Å². The van der Waals surface area contributed by atoms with Gasteiger partial charge in [0, 0.05) is 39.0 Å². The number of rotatable bonds is 7. The highest BCUT2D eigenvalue weighted by Crippen LogP contribution is 2.31. The van der Waals surface area contributed by atoms with Crippen molar-refractivity contribution in [2.24, 2.45) is 11.3 Å². The smallest absolute Gasteiger partial charge is 0.222 e. The second-order valence-corrected chi connectivity index (χ2v) is 12.1. The van der Waals surface area contributed by atoms with Crippen LogP contribution in [0.3, 0.4) is 0 Å².